The Balaban J connectivity index is 4.47. The highest BCUT2D eigenvalue weighted by Gasteiger charge is 2.19. The van der Waals surface area contributed by atoms with Crippen molar-refractivity contribution in [1.29, 1.82) is 0 Å². The van der Waals surface area contributed by atoms with Crippen LogP contribution in [0.3, 0.4) is 0 Å². The lowest BCUT2D eigenvalue weighted by Crippen LogP contribution is -2.30. The van der Waals surface area contributed by atoms with Crippen LogP contribution in [0.1, 0.15) is 207 Å². The summed E-state index contributed by atoms with van der Waals surface area (Å²) in [4.78, 5) is 37.6. The van der Waals surface area contributed by atoms with Crippen molar-refractivity contribution in [2.24, 2.45) is 0 Å². The van der Waals surface area contributed by atoms with Gasteiger partial charge in [-0.25, -0.2) is 0 Å². The molecular weight excluding hydrogens is 673 g/mol. The van der Waals surface area contributed by atoms with Crippen LogP contribution in [0.4, 0.5) is 0 Å². The van der Waals surface area contributed by atoms with Gasteiger partial charge >= 0.3 is 17.9 Å². The normalized spacial score (nSPS) is 12.6. The van der Waals surface area contributed by atoms with Gasteiger partial charge < -0.3 is 14.2 Å². The molecule has 6 nitrogen and oxygen atoms in total. The van der Waals surface area contributed by atoms with Gasteiger partial charge in [-0.1, -0.05) is 184 Å². The molecule has 0 aromatic rings. The number of ether oxygens (including phenoxy) is 3. The Labute approximate surface area is 332 Å². The number of carbonyl (C=O) groups is 3. The number of rotatable bonds is 39. The maximum atomic E-state index is 12.7. The third-order valence-electron chi connectivity index (χ3n) is 9.25. The van der Waals surface area contributed by atoms with Crippen molar-refractivity contribution in [3.8, 4) is 0 Å². The van der Waals surface area contributed by atoms with Gasteiger partial charge in [-0.2, -0.15) is 0 Å². The maximum Gasteiger partial charge on any atom is 0.306 e. The van der Waals surface area contributed by atoms with E-state index in [1.165, 1.54) is 77.0 Å². The van der Waals surface area contributed by atoms with E-state index in [9.17, 15) is 14.4 Å². The average molecular weight is 755 g/mol. The Morgan fingerprint density at radius 2 is 0.796 bits per heavy atom. The molecule has 0 radical (unpaired) electrons. The highest BCUT2D eigenvalue weighted by atomic mass is 16.6. The van der Waals surface area contributed by atoms with E-state index in [1.54, 1.807) is 0 Å². The largest absolute Gasteiger partial charge is 0.462 e. The third-order valence-corrected chi connectivity index (χ3v) is 9.25. The molecule has 0 aromatic heterocycles. The van der Waals surface area contributed by atoms with E-state index in [0.717, 1.165) is 83.5 Å². The number of hydrogen-bond acceptors (Lipinski definition) is 6. The van der Waals surface area contributed by atoms with Crippen molar-refractivity contribution in [1.82, 2.24) is 0 Å². The van der Waals surface area contributed by atoms with Gasteiger partial charge in [0.25, 0.3) is 0 Å². The van der Waals surface area contributed by atoms with E-state index in [1.807, 2.05) is 12.2 Å². The van der Waals surface area contributed by atoms with Gasteiger partial charge in [-0.3, -0.25) is 14.4 Å². The number of carbonyl (C=O) groups excluding carboxylic acids is 3. The van der Waals surface area contributed by atoms with E-state index in [4.69, 9.17) is 14.2 Å². The zero-order valence-corrected chi connectivity index (χ0v) is 35.2. The summed E-state index contributed by atoms with van der Waals surface area (Å²) in [6.07, 6.45) is 50.7. The first-order valence-corrected chi connectivity index (χ1v) is 22.3. The molecule has 0 N–H and O–H groups in total. The number of unbranched alkanes of at least 4 members (excludes halogenated alkanes) is 18. The number of allylic oxidation sites excluding steroid dienone is 10. The zero-order valence-electron chi connectivity index (χ0n) is 35.2. The van der Waals surface area contributed by atoms with Crippen molar-refractivity contribution >= 4 is 17.9 Å². The summed E-state index contributed by atoms with van der Waals surface area (Å²) in [6.45, 7) is 6.37. The van der Waals surface area contributed by atoms with Gasteiger partial charge in [-0.15, -0.1) is 0 Å². The lowest BCUT2D eigenvalue weighted by molar-refractivity contribution is -0.166. The van der Waals surface area contributed by atoms with E-state index < -0.39 is 6.10 Å². The first kappa shape index (κ1) is 51.1. The summed E-state index contributed by atoms with van der Waals surface area (Å²) in [5, 5.41) is 0. The van der Waals surface area contributed by atoms with Gasteiger partial charge in [-0.05, 0) is 64.2 Å². The molecule has 0 aliphatic carbocycles. The molecule has 0 amide bonds. The minimum Gasteiger partial charge on any atom is -0.462 e. The fourth-order valence-electron chi connectivity index (χ4n) is 5.93. The lowest BCUT2D eigenvalue weighted by atomic mass is 10.0. The lowest BCUT2D eigenvalue weighted by Gasteiger charge is -2.18. The van der Waals surface area contributed by atoms with Crippen molar-refractivity contribution in [2.75, 3.05) is 13.2 Å². The van der Waals surface area contributed by atoms with Gasteiger partial charge in [0.05, 0.1) is 0 Å². The molecule has 0 saturated carbocycles. The van der Waals surface area contributed by atoms with Crippen LogP contribution in [-0.4, -0.2) is 37.2 Å². The van der Waals surface area contributed by atoms with Crippen LogP contribution >= 0.6 is 0 Å². The van der Waals surface area contributed by atoms with Crippen LogP contribution in [0.15, 0.2) is 60.8 Å². The minimum absolute atomic E-state index is 0.0998. The van der Waals surface area contributed by atoms with Crippen molar-refractivity contribution in [3.05, 3.63) is 60.8 Å². The molecule has 1 unspecified atom stereocenters. The van der Waals surface area contributed by atoms with Gasteiger partial charge in [0.15, 0.2) is 6.10 Å². The molecule has 0 spiro atoms. The third kappa shape index (κ3) is 40.3. The summed E-state index contributed by atoms with van der Waals surface area (Å²) in [7, 11) is 0. The monoisotopic (exact) mass is 755 g/mol. The highest BCUT2D eigenvalue weighted by Crippen LogP contribution is 2.14. The van der Waals surface area contributed by atoms with Crippen LogP contribution < -0.4 is 0 Å². The second kappa shape index (κ2) is 42.8. The summed E-state index contributed by atoms with van der Waals surface area (Å²) in [6, 6.07) is 0. The topological polar surface area (TPSA) is 78.9 Å². The zero-order chi connectivity index (χ0) is 39.4. The molecule has 0 aromatic carbocycles. The predicted octanol–water partition coefficient (Wildman–Crippen LogP) is 14.1. The molecule has 0 rings (SSSR count). The summed E-state index contributed by atoms with van der Waals surface area (Å²) in [5.74, 6) is -0.998. The summed E-state index contributed by atoms with van der Waals surface area (Å²) in [5.41, 5.74) is 0. The maximum absolute atomic E-state index is 12.7. The van der Waals surface area contributed by atoms with Gasteiger partial charge in [0.1, 0.15) is 13.2 Å². The fourth-order valence-corrected chi connectivity index (χ4v) is 5.93. The van der Waals surface area contributed by atoms with Gasteiger partial charge in [0, 0.05) is 19.3 Å². The second-order valence-electron chi connectivity index (χ2n) is 14.6. The molecule has 1 atom stereocenters. The van der Waals surface area contributed by atoms with Gasteiger partial charge in [0.2, 0.25) is 0 Å². The predicted molar refractivity (Wildman–Crippen MR) is 228 cm³/mol. The second-order valence-corrected chi connectivity index (χ2v) is 14.6. The molecule has 0 aliphatic heterocycles. The Kier molecular flexibility index (Phi) is 40.6. The molecule has 6 heteroatoms. The first-order chi connectivity index (χ1) is 26.5. The Morgan fingerprint density at radius 3 is 1.31 bits per heavy atom. The molecule has 0 aliphatic rings. The quantitative estimate of drug-likeness (QED) is 0.0269. The first-order valence-electron chi connectivity index (χ1n) is 22.3. The SMILES string of the molecule is CC/C=C\C/C=C\C/C=C\C/C=C\CCC(=O)OCC(COC(=O)CCCCCCC/C=C\CCC)OC(=O)CCCCCCCCCCCCCCC. The van der Waals surface area contributed by atoms with Crippen molar-refractivity contribution < 1.29 is 28.6 Å². The summed E-state index contributed by atoms with van der Waals surface area (Å²) < 4.78 is 16.6. The standard InChI is InChI=1S/C48H82O6/c1-4-7-10-13-16-19-22-24-26-29-32-35-38-41-47(50)53-44-45(43-52-46(49)40-37-34-31-28-21-18-15-12-9-6-3)54-48(51)42-39-36-33-30-27-25-23-20-17-14-11-8-5-2/h7,10,12,15-16,19,24,26,32,35,45H,4-6,8-9,11,13-14,17-18,20-23,25,27-31,33-34,36-44H2,1-3H3/b10-7-,15-12-,19-16-,26-24-,35-32-. The van der Waals surface area contributed by atoms with E-state index in [2.05, 4.69) is 69.4 Å². The van der Waals surface area contributed by atoms with E-state index in [-0.39, 0.29) is 37.5 Å². The van der Waals surface area contributed by atoms with Crippen LogP contribution in [0, 0.1) is 0 Å². The highest BCUT2D eigenvalue weighted by molar-refractivity contribution is 5.71. The Hall–Kier alpha value is -2.89. The van der Waals surface area contributed by atoms with Crippen molar-refractivity contribution in [3.63, 3.8) is 0 Å². The van der Waals surface area contributed by atoms with Crippen LogP contribution in [0.2, 0.25) is 0 Å². The molecule has 310 valence electrons. The molecule has 0 heterocycles. The Morgan fingerprint density at radius 1 is 0.389 bits per heavy atom. The number of esters is 3. The number of hydrogen-bond donors (Lipinski definition) is 0. The van der Waals surface area contributed by atoms with E-state index in [0.29, 0.717) is 19.3 Å². The van der Waals surface area contributed by atoms with Crippen LogP contribution in [-0.2, 0) is 28.6 Å². The molecule has 0 fully saturated rings. The average Bonchev–Trinajstić information content (AvgIpc) is 3.17. The van der Waals surface area contributed by atoms with Crippen LogP contribution in [0.25, 0.3) is 0 Å². The molecule has 54 heavy (non-hydrogen) atoms. The molecule has 0 bridgehead atoms. The fraction of sp³-hybridized carbons (Fsp3) is 0.729. The Bertz CT molecular complexity index is 1010. The molecular formula is C48H82O6. The smallest absolute Gasteiger partial charge is 0.306 e. The molecule has 0 saturated heterocycles. The van der Waals surface area contributed by atoms with E-state index >= 15 is 0 Å². The van der Waals surface area contributed by atoms with Crippen LogP contribution in [0.5, 0.6) is 0 Å². The minimum atomic E-state index is -0.800. The van der Waals surface area contributed by atoms with Crippen molar-refractivity contribution in [2.45, 2.75) is 213 Å². The summed E-state index contributed by atoms with van der Waals surface area (Å²) >= 11 is 0.